The van der Waals surface area contributed by atoms with Gasteiger partial charge in [-0.3, -0.25) is 23.4 Å². The first-order chi connectivity index (χ1) is 27.5. The van der Waals surface area contributed by atoms with Gasteiger partial charge in [0.1, 0.15) is 12.6 Å². The van der Waals surface area contributed by atoms with Gasteiger partial charge in [-0.25, -0.2) is 4.57 Å². The van der Waals surface area contributed by atoms with Crippen LogP contribution in [0.3, 0.4) is 0 Å². The van der Waals surface area contributed by atoms with Crippen molar-refractivity contribution in [3.05, 3.63) is 85.1 Å². The van der Waals surface area contributed by atoms with Crippen molar-refractivity contribution >= 4 is 25.7 Å². The highest BCUT2D eigenvalue weighted by Crippen LogP contribution is 2.43. The fourth-order valence-electron chi connectivity index (χ4n) is 4.93. The van der Waals surface area contributed by atoms with Crippen LogP contribution in [0.2, 0.25) is 0 Å². The number of carboxylic acid groups (broad SMARTS) is 1. The van der Waals surface area contributed by atoms with Crippen LogP contribution in [0.5, 0.6) is 0 Å². The normalized spacial score (nSPS) is 15.2. The highest BCUT2D eigenvalue weighted by Gasteiger charge is 2.28. The highest BCUT2D eigenvalue weighted by molar-refractivity contribution is 7.47. The molecule has 12 nitrogen and oxygen atoms in total. The summed E-state index contributed by atoms with van der Waals surface area (Å²) in [6.07, 6.45) is 42.7. The van der Waals surface area contributed by atoms with Gasteiger partial charge in [-0.1, -0.05) is 137 Å². The lowest BCUT2D eigenvalue weighted by Gasteiger charge is -2.20. The van der Waals surface area contributed by atoms with E-state index in [0.29, 0.717) is 25.7 Å². The maximum atomic E-state index is 12.6. The van der Waals surface area contributed by atoms with E-state index in [9.17, 15) is 28.9 Å². The molecule has 0 heterocycles. The van der Waals surface area contributed by atoms with Crippen LogP contribution in [-0.2, 0) is 37.5 Å². The van der Waals surface area contributed by atoms with E-state index in [4.69, 9.17) is 24.8 Å². The Kier molecular flexibility index (Phi) is 35.9. The summed E-state index contributed by atoms with van der Waals surface area (Å²) < 4.78 is 32.5. The predicted molar refractivity (Wildman–Crippen MR) is 227 cm³/mol. The molecule has 0 aliphatic heterocycles. The van der Waals surface area contributed by atoms with Gasteiger partial charge in [0, 0.05) is 12.8 Å². The molecule has 5 N–H and O–H groups in total. The minimum absolute atomic E-state index is 0.00673. The summed E-state index contributed by atoms with van der Waals surface area (Å²) in [5.41, 5.74) is 5.31. The molecule has 324 valence electrons. The number of nitrogens with two attached hydrogens (primary N) is 1. The number of esters is 2. The van der Waals surface area contributed by atoms with E-state index in [-0.39, 0.29) is 12.8 Å². The van der Waals surface area contributed by atoms with Crippen molar-refractivity contribution in [1.29, 1.82) is 0 Å². The average molecular weight is 822 g/mol. The van der Waals surface area contributed by atoms with Gasteiger partial charge in [0.25, 0.3) is 0 Å². The molecule has 0 spiro atoms. The van der Waals surface area contributed by atoms with Crippen molar-refractivity contribution in [2.45, 2.75) is 154 Å². The molecule has 0 aliphatic rings. The van der Waals surface area contributed by atoms with E-state index in [1.807, 2.05) is 54.7 Å². The number of aliphatic hydroxyl groups excluding tert-OH is 1. The summed E-state index contributed by atoms with van der Waals surface area (Å²) in [5.74, 6) is -2.55. The van der Waals surface area contributed by atoms with Gasteiger partial charge in [-0.15, -0.1) is 0 Å². The van der Waals surface area contributed by atoms with Gasteiger partial charge in [0.15, 0.2) is 6.10 Å². The van der Waals surface area contributed by atoms with E-state index in [2.05, 4.69) is 42.7 Å². The quantitative estimate of drug-likeness (QED) is 0.0153. The van der Waals surface area contributed by atoms with Crippen molar-refractivity contribution < 1.29 is 52.6 Å². The standard InChI is InChI=1S/C44H72NO11P/c1-3-5-7-9-11-12-13-14-15-19-22-26-30-34-42(47)53-36-40(37-54-57(51,52)55-38-41(45)44(49)50)56-43(48)35-31-27-23-20-17-16-18-21-25-29-33-39(46)32-28-24-10-8-6-4-2/h6,8,12-13,16-17,21,23-25,27-29,33,39-41,46H,3-5,7,9-11,14-15,18-20,22,26,30-32,34-38,45H2,1-2H3,(H,49,50)(H,51,52)/b8-6-,13-12-,17-16-,25-21-,27-23-,28-24-,33-29+/t39?,40-,41+/m1/s1. The summed E-state index contributed by atoms with van der Waals surface area (Å²) in [6.45, 7) is 2.49. The molecule has 0 bridgehead atoms. The number of phosphoric acid groups is 1. The minimum atomic E-state index is -4.75. The summed E-state index contributed by atoms with van der Waals surface area (Å²) in [4.78, 5) is 45.8. The third-order valence-corrected chi connectivity index (χ3v) is 9.17. The largest absolute Gasteiger partial charge is 0.480 e. The van der Waals surface area contributed by atoms with Crippen molar-refractivity contribution in [3.63, 3.8) is 0 Å². The van der Waals surface area contributed by atoms with Crippen LogP contribution in [0.25, 0.3) is 0 Å². The molecule has 0 aromatic carbocycles. The number of aliphatic carboxylic acids is 1. The van der Waals surface area contributed by atoms with Gasteiger partial charge in [0.2, 0.25) is 0 Å². The highest BCUT2D eigenvalue weighted by atomic mass is 31.2. The van der Waals surface area contributed by atoms with Gasteiger partial charge in [-0.2, -0.15) is 0 Å². The van der Waals surface area contributed by atoms with E-state index < -0.39 is 63.8 Å². The van der Waals surface area contributed by atoms with Crippen LogP contribution in [0.1, 0.15) is 136 Å². The molecule has 0 aromatic heterocycles. The molecule has 0 saturated heterocycles. The molecule has 57 heavy (non-hydrogen) atoms. The fourth-order valence-corrected chi connectivity index (χ4v) is 5.71. The summed E-state index contributed by atoms with van der Waals surface area (Å²) in [5, 5.41) is 18.9. The monoisotopic (exact) mass is 821 g/mol. The topological polar surface area (TPSA) is 192 Å². The van der Waals surface area contributed by atoms with E-state index in [1.165, 1.54) is 25.7 Å². The van der Waals surface area contributed by atoms with Gasteiger partial charge in [0.05, 0.1) is 19.3 Å². The van der Waals surface area contributed by atoms with E-state index >= 15 is 0 Å². The third kappa shape index (κ3) is 37.9. The lowest BCUT2D eigenvalue weighted by atomic mass is 10.1. The van der Waals surface area contributed by atoms with E-state index in [1.54, 1.807) is 6.08 Å². The van der Waals surface area contributed by atoms with Gasteiger partial charge >= 0.3 is 25.7 Å². The first kappa shape index (κ1) is 53.6. The third-order valence-electron chi connectivity index (χ3n) is 8.22. The van der Waals surface area contributed by atoms with Crippen molar-refractivity contribution in [2.24, 2.45) is 5.73 Å². The predicted octanol–water partition coefficient (Wildman–Crippen LogP) is 9.69. The molecule has 0 radical (unpaired) electrons. The molecule has 4 atom stereocenters. The van der Waals surface area contributed by atoms with Crippen LogP contribution in [0.4, 0.5) is 0 Å². The second-order valence-electron chi connectivity index (χ2n) is 13.6. The molecule has 2 unspecified atom stereocenters. The molecule has 13 heteroatoms. The Morgan fingerprint density at radius 2 is 1.23 bits per heavy atom. The molecule has 0 saturated carbocycles. The Morgan fingerprint density at radius 3 is 1.91 bits per heavy atom. The zero-order chi connectivity index (χ0) is 42.2. The zero-order valence-electron chi connectivity index (χ0n) is 34.5. The Bertz CT molecular complexity index is 1300. The smallest absolute Gasteiger partial charge is 0.472 e. The Morgan fingerprint density at radius 1 is 0.649 bits per heavy atom. The molecule has 0 fully saturated rings. The van der Waals surface area contributed by atoms with Crippen molar-refractivity contribution in [1.82, 2.24) is 0 Å². The summed E-state index contributed by atoms with van der Waals surface area (Å²) >= 11 is 0. The molecular formula is C44H72NO11P. The maximum absolute atomic E-state index is 12.6. The maximum Gasteiger partial charge on any atom is 0.472 e. The van der Waals surface area contributed by atoms with Crippen molar-refractivity contribution in [3.8, 4) is 0 Å². The first-order valence-corrected chi connectivity index (χ1v) is 22.2. The lowest BCUT2D eigenvalue weighted by Crippen LogP contribution is -2.34. The fraction of sp³-hybridized carbons (Fsp3) is 0.614. The van der Waals surface area contributed by atoms with Crippen molar-refractivity contribution in [2.75, 3.05) is 19.8 Å². The lowest BCUT2D eigenvalue weighted by molar-refractivity contribution is -0.161. The number of allylic oxidation sites excluding steroid dienone is 12. The minimum Gasteiger partial charge on any atom is -0.480 e. The number of aliphatic hydroxyl groups is 1. The number of ether oxygens (including phenoxy) is 2. The zero-order valence-corrected chi connectivity index (χ0v) is 35.4. The second kappa shape index (κ2) is 38.2. The Hall–Kier alpha value is -3.38. The number of rotatable bonds is 37. The molecular weight excluding hydrogens is 749 g/mol. The first-order valence-electron chi connectivity index (χ1n) is 20.7. The molecule has 0 aromatic rings. The number of carboxylic acids is 1. The van der Waals surface area contributed by atoms with Gasteiger partial charge < -0.3 is 30.3 Å². The summed E-state index contributed by atoms with van der Waals surface area (Å²) in [6, 6.07) is -1.55. The number of hydrogen-bond donors (Lipinski definition) is 4. The number of hydrogen-bond acceptors (Lipinski definition) is 10. The Balaban J connectivity index is 4.62. The van der Waals surface area contributed by atoms with Crippen LogP contribution in [0.15, 0.2) is 85.1 Å². The SMILES string of the molecule is CC/C=C\C/C=C\CC(O)/C=C/C=C\C/C=C\C/C=C\CCC(=O)O[C@H](COC(=O)CCCCCCC/C=C\CCCCCC)COP(=O)(O)OC[C@H](N)C(=O)O. The summed E-state index contributed by atoms with van der Waals surface area (Å²) in [7, 11) is -4.75. The number of carbonyl (C=O) groups excluding carboxylic acids is 2. The molecule has 0 aliphatic carbocycles. The number of phosphoric ester groups is 1. The second-order valence-corrected chi connectivity index (χ2v) is 15.0. The van der Waals surface area contributed by atoms with Crippen LogP contribution in [-0.4, -0.2) is 71.1 Å². The Labute approximate surface area is 342 Å². The average Bonchev–Trinajstić information content (AvgIpc) is 3.18. The number of carbonyl (C=O) groups is 3. The van der Waals surface area contributed by atoms with Crippen LogP contribution >= 0.6 is 7.82 Å². The van der Waals surface area contributed by atoms with E-state index in [0.717, 1.165) is 57.8 Å². The van der Waals surface area contributed by atoms with Crippen LogP contribution in [0, 0.1) is 0 Å². The van der Waals surface area contributed by atoms with Crippen LogP contribution < -0.4 is 5.73 Å². The number of unbranched alkanes of at least 4 members (excludes halogenated alkanes) is 9. The van der Waals surface area contributed by atoms with Gasteiger partial charge in [-0.05, 0) is 70.6 Å². The molecule has 0 rings (SSSR count). The molecule has 0 amide bonds.